The minimum Gasteiger partial charge on any atom is -0.341 e. The largest absolute Gasteiger partial charge is 0.341 e. The number of hydrogen-bond acceptors (Lipinski definition) is 2. The Labute approximate surface area is 123 Å². The first-order valence-corrected chi connectivity index (χ1v) is 8.83. The molecule has 3 rings (SSSR count). The SMILES string of the molecule is CCCCN(CC1CCCN1)C(=O)C1C2CCCCC21. The molecule has 114 valence electrons. The summed E-state index contributed by atoms with van der Waals surface area (Å²) < 4.78 is 0. The van der Waals surface area contributed by atoms with Gasteiger partial charge in [0.1, 0.15) is 0 Å². The number of fused-ring (bicyclic) bond motifs is 1. The molecule has 3 nitrogen and oxygen atoms in total. The normalized spacial score (nSPS) is 35.6. The Bertz CT molecular complexity index is 326. The van der Waals surface area contributed by atoms with Crippen molar-refractivity contribution < 1.29 is 4.79 Å². The van der Waals surface area contributed by atoms with Crippen LogP contribution in [0.3, 0.4) is 0 Å². The molecule has 0 radical (unpaired) electrons. The summed E-state index contributed by atoms with van der Waals surface area (Å²) >= 11 is 0. The van der Waals surface area contributed by atoms with Crippen molar-refractivity contribution in [2.75, 3.05) is 19.6 Å². The Morgan fingerprint density at radius 1 is 1.15 bits per heavy atom. The molecule has 0 aromatic carbocycles. The van der Waals surface area contributed by atoms with Crippen molar-refractivity contribution in [1.29, 1.82) is 0 Å². The summed E-state index contributed by atoms with van der Waals surface area (Å²) in [7, 11) is 0. The van der Waals surface area contributed by atoms with Crippen LogP contribution in [0.5, 0.6) is 0 Å². The van der Waals surface area contributed by atoms with Crippen molar-refractivity contribution in [2.24, 2.45) is 17.8 Å². The van der Waals surface area contributed by atoms with Gasteiger partial charge in [-0.25, -0.2) is 0 Å². The number of amides is 1. The van der Waals surface area contributed by atoms with Gasteiger partial charge in [-0.2, -0.15) is 0 Å². The second kappa shape index (κ2) is 6.46. The standard InChI is InChI=1S/C17H30N2O/c1-2-3-11-19(12-13-7-6-10-18-13)17(20)16-14-8-4-5-9-15(14)16/h13-16,18H,2-12H2,1H3. The molecule has 20 heavy (non-hydrogen) atoms. The molecule has 1 heterocycles. The van der Waals surface area contributed by atoms with E-state index in [4.69, 9.17) is 0 Å². The third-order valence-electron chi connectivity index (χ3n) is 5.64. The van der Waals surface area contributed by atoms with E-state index in [2.05, 4.69) is 17.1 Å². The zero-order valence-corrected chi connectivity index (χ0v) is 12.9. The molecule has 0 bridgehead atoms. The average molecular weight is 278 g/mol. The molecule has 3 atom stereocenters. The molecule has 3 fully saturated rings. The minimum absolute atomic E-state index is 0.399. The van der Waals surface area contributed by atoms with E-state index in [0.29, 0.717) is 17.9 Å². The molecular formula is C17H30N2O. The first kappa shape index (κ1) is 14.4. The maximum atomic E-state index is 12.9. The minimum atomic E-state index is 0.399. The van der Waals surface area contributed by atoms with E-state index in [1.54, 1.807) is 0 Å². The van der Waals surface area contributed by atoms with Crippen LogP contribution in [0, 0.1) is 17.8 Å². The fourth-order valence-electron chi connectivity index (χ4n) is 4.39. The number of rotatable bonds is 6. The van der Waals surface area contributed by atoms with Crippen LogP contribution in [0.1, 0.15) is 58.3 Å². The topological polar surface area (TPSA) is 32.3 Å². The van der Waals surface area contributed by atoms with Crippen molar-refractivity contribution in [2.45, 2.75) is 64.3 Å². The highest BCUT2D eigenvalue weighted by molar-refractivity contribution is 5.82. The third-order valence-corrected chi connectivity index (χ3v) is 5.64. The fourth-order valence-corrected chi connectivity index (χ4v) is 4.39. The molecule has 0 spiro atoms. The summed E-state index contributed by atoms with van der Waals surface area (Å²) in [5.74, 6) is 2.38. The highest BCUT2D eigenvalue weighted by Crippen LogP contribution is 2.56. The fraction of sp³-hybridized carbons (Fsp3) is 0.941. The van der Waals surface area contributed by atoms with Crippen molar-refractivity contribution in [3.05, 3.63) is 0 Å². The molecule has 1 aliphatic heterocycles. The second-order valence-electron chi connectivity index (χ2n) is 7.07. The number of nitrogens with one attached hydrogen (secondary N) is 1. The summed E-state index contributed by atoms with van der Waals surface area (Å²) in [6, 6.07) is 0.552. The molecule has 3 aliphatic rings. The first-order chi connectivity index (χ1) is 9.81. The molecule has 2 saturated carbocycles. The predicted molar refractivity (Wildman–Crippen MR) is 81.5 cm³/mol. The molecule has 3 unspecified atom stereocenters. The maximum absolute atomic E-state index is 12.9. The second-order valence-corrected chi connectivity index (χ2v) is 7.07. The predicted octanol–water partition coefficient (Wildman–Crippen LogP) is 2.80. The summed E-state index contributed by atoms with van der Waals surface area (Å²) in [5, 5.41) is 3.55. The average Bonchev–Trinajstić information content (AvgIpc) is 2.97. The lowest BCUT2D eigenvalue weighted by molar-refractivity contribution is -0.133. The van der Waals surface area contributed by atoms with Gasteiger partial charge in [0.25, 0.3) is 0 Å². The van der Waals surface area contributed by atoms with E-state index in [1.807, 2.05) is 0 Å². The zero-order chi connectivity index (χ0) is 13.9. The maximum Gasteiger partial charge on any atom is 0.226 e. The van der Waals surface area contributed by atoms with Gasteiger partial charge < -0.3 is 10.2 Å². The highest BCUT2D eigenvalue weighted by atomic mass is 16.2. The van der Waals surface area contributed by atoms with Gasteiger partial charge in [-0.05, 0) is 50.5 Å². The Kier molecular flexibility index (Phi) is 4.65. The van der Waals surface area contributed by atoms with Crippen LogP contribution in [0.4, 0.5) is 0 Å². The molecule has 2 aliphatic carbocycles. The van der Waals surface area contributed by atoms with Gasteiger partial charge in [-0.1, -0.05) is 26.2 Å². The number of nitrogens with zero attached hydrogens (tertiary/aromatic N) is 1. The summed E-state index contributed by atoms with van der Waals surface area (Å²) in [6.45, 7) is 5.28. The van der Waals surface area contributed by atoms with Gasteiger partial charge in [0.2, 0.25) is 5.91 Å². The summed E-state index contributed by atoms with van der Waals surface area (Å²) in [5.41, 5.74) is 0. The Morgan fingerprint density at radius 2 is 1.90 bits per heavy atom. The van der Waals surface area contributed by atoms with Gasteiger partial charge in [0.05, 0.1) is 0 Å². The highest BCUT2D eigenvalue weighted by Gasteiger charge is 2.55. The van der Waals surface area contributed by atoms with E-state index in [1.165, 1.54) is 44.9 Å². The van der Waals surface area contributed by atoms with Gasteiger partial charge in [0, 0.05) is 25.0 Å². The van der Waals surface area contributed by atoms with Gasteiger partial charge >= 0.3 is 0 Å². The summed E-state index contributed by atoms with van der Waals surface area (Å²) in [6.07, 6.45) is 10.2. The third kappa shape index (κ3) is 3.03. The molecule has 0 aromatic heterocycles. The number of hydrogen-bond donors (Lipinski definition) is 1. The van der Waals surface area contributed by atoms with Crippen LogP contribution in [0.2, 0.25) is 0 Å². The van der Waals surface area contributed by atoms with Crippen LogP contribution >= 0.6 is 0 Å². The van der Waals surface area contributed by atoms with Crippen LogP contribution in [-0.4, -0.2) is 36.5 Å². The molecular weight excluding hydrogens is 248 g/mol. The van der Waals surface area contributed by atoms with Gasteiger partial charge in [-0.3, -0.25) is 4.79 Å². The van der Waals surface area contributed by atoms with E-state index >= 15 is 0 Å². The van der Waals surface area contributed by atoms with Crippen molar-refractivity contribution in [3.63, 3.8) is 0 Å². The quantitative estimate of drug-likeness (QED) is 0.810. The lowest BCUT2D eigenvalue weighted by Gasteiger charge is -2.26. The molecule has 1 saturated heterocycles. The Hall–Kier alpha value is -0.570. The summed E-state index contributed by atoms with van der Waals surface area (Å²) in [4.78, 5) is 15.1. The monoisotopic (exact) mass is 278 g/mol. The number of carbonyl (C=O) groups is 1. The van der Waals surface area contributed by atoms with E-state index in [9.17, 15) is 4.79 Å². The van der Waals surface area contributed by atoms with Crippen molar-refractivity contribution in [3.8, 4) is 0 Å². The van der Waals surface area contributed by atoms with Crippen molar-refractivity contribution in [1.82, 2.24) is 10.2 Å². The van der Waals surface area contributed by atoms with E-state index in [-0.39, 0.29) is 0 Å². The van der Waals surface area contributed by atoms with Crippen LogP contribution in [0.15, 0.2) is 0 Å². The smallest absolute Gasteiger partial charge is 0.226 e. The molecule has 0 aromatic rings. The lowest BCUT2D eigenvalue weighted by Crippen LogP contribution is -2.42. The number of carbonyl (C=O) groups excluding carboxylic acids is 1. The van der Waals surface area contributed by atoms with E-state index in [0.717, 1.165) is 37.9 Å². The molecule has 1 N–H and O–H groups in total. The first-order valence-electron chi connectivity index (χ1n) is 8.83. The van der Waals surface area contributed by atoms with Crippen LogP contribution in [0.25, 0.3) is 0 Å². The van der Waals surface area contributed by atoms with Gasteiger partial charge in [0.15, 0.2) is 0 Å². The lowest BCUT2D eigenvalue weighted by atomic mass is 10.0. The Balaban J connectivity index is 1.57. The Morgan fingerprint density at radius 3 is 2.50 bits per heavy atom. The van der Waals surface area contributed by atoms with Crippen LogP contribution in [-0.2, 0) is 4.79 Å². The zero-order valence-electron chi connectivity index (χ0n) is 12.9. The molecule has 3 heteroatoms. The van der Waals surface area contributed by atoms with Gasteiger partial charge in [-0.15, -0.1) is 0 Å². The number of unbranched alkanes of at least 4 members (excludes halogenated alkanes) is 1. The van der Waals surface area contributed by atoms with Crippen molar-refractivity contribution >= 4 is 5.91 Å². The molecule has 1 amide bonds. The van der Waals surface area contributed by atoms with Crippen LogP contribution < -0.4 is 5.32 Å². The van der Waals surface area contributed by atoms with E-state index < -0.39 is 0 Å².